The Morgan fingerprint density at radius 3 is 2.65 bits per heavy atom. The third kappa shape index (κ3) is 3.78. The zero-order chi connectivity index (χ0) is 18.6. The Balaban J connectivity index is 1.89. The second kappa shape index (κ2) is 7.96. The summed E-state index contributed by atoms with van der Waals surface area (Å²) >= 11 is 0. The Bertz CT molecular complexity index is 727. The van der Waals surface area contributed by atoms with E-state index in [2.05, 4.69) is 20.2 Å². The average molecular weight is 369 g/mol. The number of halogens is 2. The molecule has 1 aromatic heterocycles. The molecule has 1 N–H and O–H groups in total. The van der Waals surface area contributed by atoms with Crippen LogP contribution in [0.2, 0.25) is 0 Å². The number of nitrogens with zero attached hydrogens (tertiary/aromatic N) is 2. The molecule has 0 spiro atoms. The van der Waals surface area contributed by atoms with Gasteiger partial charge in [-0.05, 0) is 44.1 Å². The van der Waals surface area contributed by atoms with E-state index < -0.39 is 6.61 Å². The van der Waals surface area contributed by atoms with Crippen molar-refractivity contribution < 1.29 is 27.5 Å². The molecule has 0 bridgehead atoms. The monoisotopic (exact) mass is 369 g/mol. The number of hydrogen-bond acceptors (Lipinski definition) is 7. The first-order valence-corrected chi connectivity index (χ1v) is 8.25. The van der Waals surface area contributed by atoms with Gasteiger partial charge in [0.15, 0.2) is 11.5 Å². The van der Waals surface area contributed by atoms with Crippen LogP contribution < -0.4 is 14.8 Å². The van der Waals surface area contributed by atoms with Crippen LogP contribution in [0.25, 0.3) is 11.4 Å². The van der Waals surface area contributed by atoms with Gasteiger partial charge in [-0.1, -0.05) is 5.16 Å². The van der Waals surface area contributed by atoms with Crippen molar-refractivity contribution in [2.75, 3.05) is 33.9 Å². The molecule has 1 aromatic carbocycles. The maximum absolute atomic E-state index is 12.5. The predicted molar refractivity (Wildman–Crippen MR) is 88.6 cm³/mol. The number of benzene rings is 1. The van der Waals surface area contributed by atoms with Crippen molar-refractivity contribution in [3.8, 4) is 22.9 Å². The normalized spacial score (nSPS) is 16.7. The quantitative estimate of drug-likeness (QED) is 0.804. The number of ether oxygens (including phenoxy) is 3. The minimum Gasteiger partial charge on any atom is -0.493 e. The lowest BCUT2D eigenvalue weighted by Crippen LogP contribution is -2.43. The molecule has 142 valence electrons. The second-order valence-corrected chi connectivity index (χ2v) is 6.13. The van der Waals surface area contributed by atoms with Crippen LogP contribution in [0.3, 0.4) is 0 Å². The predicted octanol–water partition coefficient (Wildman–Crippen LogP) is 2.61. The van der Waals surface area contributed by atoms with Gasteiger partial charge in [-0.2, -0.15) is 13.8 Å². The first-order valence-electron chi connectivity index (χ1n) is 8.25. The fraction of sp³-hybridized carbons (Fsp3) is 0.529. The number of alkyl halides is 2. The Labute approximate surface area is 149 Å². The summed E-state index contributed by atoms with van der Waals surface area (Å²) in [5, 5.41) is 7.35. The van der Waals surface area contributed by atoms with Gasteiger partial charge in [0, 0.05) is 12.7 Å². The van der Waals surface area contributed by atoms with Crippen molar-refractivity contribution in [3.05, 3.63) is 24.1 Å². The lowest BCUT2D eigenvalue weighted by Gasteiger charge is -2.33. The van der Waals surface area contributed by atoms with Crippen LogP contribution in [0.5, 0.6) is 11.5 Å². The van der Waals surface area contributed by atoms with Gasteiger partial charge in [0.1, 0.15) is 0 Å². The fourth-order valence-corrected chi connectivity index (χ4v) is 3.16. The third-order valence-electron chi connectivity index (χ3n) is 4.50. The van der Waals surface area contributed by atoms with Crippen molar-refractivity contribution >= 4 is 0 Å². The van der Waals surface area contributed by atoms with Gasteiger partial charge in [0.25, 0.3) is 0 Å². The summed E-state index contributed by atoms with van der Waals surface area (Å²) in [5.41, 5.74) is 0.258. The topological polar surface area (TPSA) is 78.6 Å². The molecule has 7 nitrogen and oxygen atoms in total. The molecule has 0 unspecified atom stereocenters. The Morgan fingerprint density at radius 2 is 2.00 bits per heavy atom. The molecule has 9 heteroatoms. The SMILES string of the molecule is COCC1(c2nc(-c3ccc(OC(F)F)c(OC)c3)no2)CCNCC1. The summed E-state index contributed by atoms with van der Waals surface area (Å²) in [4.78, 5) is 4.53. The minimum absolute atomic E-state index is 0.0517. The molecule has 2 heterocycles. The van der Waals surface area contributed by atoms with Crippen LogP contribution in [0.15, 0.2) is 22.7 Å². The van der Waals surface area contributed by atoms with Crippen molar-refractivity contribution in [2.24, 2.45) is 0 Å². The van der Waals surface area contributed by atoms with Crippen LogP contribution in [-0.4, -0.2) is 50.7 Å². The van der Waals surface area contributed by atoms with Crippen molar-refractivity contribution in [1.29, 1.82) is 0 Å². The number of hydrogen-bond donors (Lipinski definition) is 1. The molecular formula is C17H21F2N3O4. The zero-order valence-corrected chi connectivity index (χ0v) is 14.6. The molecule has 1 aliphatic rings. The van der Waals surface area contributed by atoms with E-state index in [9.17, 15) is 8.78 Å². The Morgan fingerprint density at radius 1 is 1.23 bits per heavy atom. The van der Waals surface area contributed by atoms with Crippen molar-refractivity contribution in [2.45, 2.75) is 24.9 Å². The zero-order valence-electron chi connectivity index (χ0n) is 14.6. The highest BCUT2D eigenvalue weighted by Gasteiger charge is 2.39. The highest BCUT2D eigenvalue weighted by Crippen LogP contribution is 2.36. The van der Waals surface area contributed by atoms with E-state index in [0.717, 1.165) is 25.9 Å². The number of aromatic nitrogens is 2. The van der Waals surface area contributed by atoms with E-state index in [4.69, 9.17) is 14.0 Å². The number of methoxy groups -OCH3 is 2. The summed E-state index contributed by atoms with van der Waals surface area (Å²) in [6.45, 7) is -0.760. The van der Waals surface area contributed by atoms with E-state index in [1.54, 1.807) is 13.2 Å². The maximum atomic E-state index is 12.5. The van der Waals surface area contributed by atoms with Gasteiger partial charge in [-0.3, -0.25) is 0 Å². The molecule has 0 amide bonds. The summed E-state index contributed by atoms with van der Waals surface area (Å²) in [6.07, 6.45) is 1.65. The smallest absolute Gasteiger partial charge is 0.387 e. The molecular weight excluding hydrogens is 348 g/mol. The molecule has 1 aliphatic heterocycles. The highest BCUT2D eigenvalue weighted by atomic mass is 19.3. The van der Waals surface area contributed by atoms with Gasteiger partial charge in [-0.15, -0.1) is 0 Å². The van der Waals surface area contributed by atoms with Gasteiger partial charge in [0.05, 0.1) is 19.1 Å². The van der Waals surface area contributed by atoms with Crippen molar-refractivity contribution in [3.63, 3.8) is 0 Å². The molecule has 0 atom stereocenters. The molecule has 0 radical (unpaired) electrons. The third-order valence-corrected chi connectivity index (χ3v) is 4.50. The lowest BCUT2D eigenvalue weighted by molar-refractivity contribution is -0.0512. The molecule has 0 saturated carbocycles. The molecule has 3 rings (SSSR count). The van der Waals surface area contributed by atoms with Crippen LogP contribution >= 0.6 is 0 Å². The summed E-state index contributed by atoms with van der Waals surface area (Å²) in [6, 6.07) is 4.52. The molecule has 2 aromatic rings. The van der Waals surface area contributed by atoms with E-state index in [1.807, 2.05) is 0 Å². The van der Waals surface area contributed by atoms with Crippen LogP contribution in [-0.2, 0) is 10.2 Å². The molecule has 26 heavy (non-hydrogen) atoms. The lowest BCUT2D eigenvalue weighted by atomic mass is 9.79. The molecule has 1 fully saturated rings. The first-order chi connectivity index (χ1) is 12.6. The Kier molecular flexibility index (Phi) is 5.67. The van der Waals surface area contributed by atoms with Gasteiger partial charge in [-0.25, -0.2) is 0 Å². The fourth-order valence-electron chi connectivity index (χ4n) is 3.16. The summed E-state index contributed by atoms with van der Waals surface area (Å²) < 4.78 is 45.3. The summed E-state index contributed by atoms with van der Waals surface area (Å²) in [7, 11) is 3.02. The van der Waals surface area contributed by atoms with Gasteiger partial charge in [0.2, 0.25) is 11.7 Å². The number of nitrogens with one attached hydrogen (secondary N) is 1. The maximum Gasteiger partial charge on any atom is 0.387 e. The summed E-state index contributed by atoms with van der Waals surface area (Å²) in [5.74, 6) is 0.991. The van der Waals surface area contributed by atoms with E-state index in [0.29, 0.717) is 23.9 Å². The van der Waals surface area contributed by atoms with E-state index in [-0.39, 0.29) is 16.9 Å². The van der Waals surface area contributed by atoms with Crippen LogP contribution in [0.1, 0.15) is 18.7 Å². The molecule has 1 saturated heterocycles. The standard InChI is InChI=1S/C17H21F2N3O4/c1-23-10-17(5-7-20-8-6-17)15-21-14(22-26-15)11-3-4-12(25-16(18)19)13(9-11)24-2/h3-4,9,16,20H,5-8,10H2,1-2H3. The van der Waals surface area contributed by atoms with Gasteiger partial charge < -0.3 is 24.1 Å². The van der Waals surface area contributed by atoms with Crippen molar-refractivity contribution in [1.82, 2.24) is 15.5 Å². The molecule has 0 aliphatic carbocycles. The van der Waals surface area contributed by atoms with Gasteiger partial charge >= 0.3 is 6.61 Å². The van der Waals surface area contributed by atoms with E-state index in [1.165, 1.54) is 19.2 Å². The largest absolute Gasteiger partial charge is 0.493 e. The second-order valence-electron chi connectivity index (χ2n) is 6.13. The number of piperidine rings is 1. The Hall–Kier alpha value is -2.26. The average Bonchev–Trinajstić information content (AvgIpc) is 3.13. The highest BCUT2D eigenvalue weighted by molar-refractivity contribution is 5.60. The van der Waals surface area contributed by atoms with Crippen LogP contribution in [0, 0.1) is 0 Å². The van der Waals surface area contributed by atoms with Crippen LogP contribution in [0.4, 0.5) is 8.78 Å². The number of rotatable bonds is 7. The first kappa shape index (κ1) is 18.5. The van der Waals surface area contributed by atoms with E-state index >= 15 is 0 Å². The minimum atomic E-state index is -2.93.